The first-order valence-electron chi connectivity index (χ1n) is 15.9. The van der Waals surface area contributed by atoms with Gasteiger partial charge in [0.2, 0.25) is 10.9 Å². The molecule has 3 aromatic heterocycles. The number of hydrogen-bond acceptors (Lipinski definition) is 8. The quantitative estimate of drug-likeness (QED) is 0.133. The summed E-state index contributed by atoms with van der Waals surface area (Å²) in [6, 6.07) is 8.74. The van der Waals surface area contributed by atoms with Crippen molar-refractivity contribution in [1.29, 1.82) is 0 Å². The number of halogens is 3. The number of nitrogens with zero attached hydrogens (tertiary/aromatic N) is 5. The van der Waals surface area contributed by atoms with Crippen LogP contribution in [0.3, 0.4) is 0 Å². The topological polar surface area (TPSA) is 126 Å². The minimum Gasteiger partial charge on any atom is -0.459 e. The van der Waals surface area contributed by atoms with Gasteiger partial charge in [-0.1, -0.05) is 6.07 Å². The molecule has 0 bridgehead atoms. The van der Waals surface area contributed by atoms with Gasteiger partial charge < -0.3 is 9.47 Å². The van der Waals surface area contributed by atoms with Gasteiger partial charge in [0.25, 0.3) is 0 Å². The summed E-state index contributed by atoms with van der Waals surface area (Å²) in [6.45, 7) is 12.9. The minimum absolute atomic E-state index is 0.0652. The second-order valence-electron chi connectivity index (χ2n) is 14.0. The van der Waals surface area contributed by atoms with E-state index in [1.165, 1.54) is 35.0 Å². The Balaban J connectivity index is 1.64. The van der Waals surface area contributed by atoms with Gasteiger partial charge in [0.05, 0.1) is 17.9 Å². The lowest BCUT2D eigenvalue weighted by Gasteiger charge is -2.23. The first-order chi connectivity index (χ1) is 23.7. The van der Waals surface area contributed by atoms with E-state index in [9.17, 15) is 26.8 Å². The van der Waals surface area contributed by atoms with Gasteiger partial charge in [-0.3, -0.25) is 13.8 Å². The third kappa shape index (κ3) is 8.42. The van der Waals surface area contributed by atoms with Crippen molar-refractivity contribution in [3.8, 4) is 22.3 Å². The summed E-state index contributed by atoms with van der Waals surface area (Å²) < 4.78 is 82.0. The number of aryl methyl sites for hydroxylation is 1. The van der Waals surface area contributed by atoms with Crippen molar-refractivity contribution in [3.05, 3.63) is 89.3 Å². The number of fused-ring (bicyclic) bond motifs is 1. The first-order valence-corrected chi connectivity index (χ1v) is 17.0. The van der Waals surface area contributed by atoms with Crippen LogP contribution >= 0.6 is 0 Å². The molecule has 3 heterocycles. The van der Waals surface area contributed by atoms with Crippen LogP contribution in [0.5, 0.6) is 0 Å². The molecule has 0 amide bonds. The zero-order valence-corrected chi connectivity index (χ0v) is 30.3. The van der Waals surface area contributed by atoms with Crippen LogP contribution in [-0.2, 0) is 31.7 Å². The molecule has 2 aromatic carbocycles. The van der Waals surface area contributed by atoms with Crippen molar-refractivity contribution in [1.82, 2.24) is 19.3 Å². The molecule has 0 saturated heterocycles. The molecular weight excluding hydrogens is 687 g/mol. The Bertz CT molecular complexity index is 2220. The maximum Gasteiger partial charge on any atom is 0.420 e. The molecule has 0 unspecified atom stereocenters. The monoisotopic (exact) mass is 725 g/mol. The highest BCUT2D eigenvalue weighted by molar-refractivity contribution is 7.74. The second-order valence-corrected chi connectivity index (χ2v) is 15.0. The fourth-order valence-electron chi connectivity index (χ4n) is 5.65. The molecule has 11 nitrogen and oxygen atoms in total. The molecular formula is C36H38F3N5O6S. The molecule has 0 spiro atoms. The largest absolute Gasteiger partial charge is 0.459 e. The van der Waals surface area contributed by atoms with Gasteiger partial charge in [0.1, 0.15) is 40.8 Å². The molecule has 5 rings (SSSR count). The van der Waals surface area contributed by atoms with E-state index in [4.69, 9.17) is 9.47 Å². The highest BCUT2D eigenvalue weighted by Gasteiger charge is 2.27. The Hall–Kier alpha value is -5.18. The number of hydrogen-bond donors (Lipinski definition) is 1. The smallest absolute Gasteiger partial charge is 0.420 e. The molecule has 0 fully saturated rings. The third-order valence-corrected chi connectivity index (χ3v) is 8.34. The Morgan fingerprint density at radius 1 is 0.882 bits per heavy atom. The molecule has 0 radical (unpaired) electrons. The molecule has 0 saturated carbocycles. The van der Waals surface area contributed by atoms with E-state index in [2.05, 4.69) is 10.1 Å². The van der Waals surface area contributed by atoms with Gasteiger partial charge in [-0.2, -0.15) is 5.10 Å². The van der Waals surface area contributed by atoms with Gasteiger partial charge in [0.15, 0.2) is 0 Å². The fraction of sp³-hybridized carbons (Fsp3) is 0.333. The number of thiol groups is 1. The Morgan fingerprint density at radius 2 is 1.53 bits per heavy atom. The highest BCUT2D eigenvalue weighted by atomic mass is 32.2. The number of ether oxygens (including phenoxy) is 2. The molecule has 0 N–H and O–H groups in total. The van der Waals surface area contributed by atoms with E-state index in [0.717, 1.165) is 12.1 Å². The molecule has 15 heteroatoms. The van der Waals surface area contributed by atoms with Crippen molar-refractivity contribution in [2.45, 2.75) is 73.1 Å². The van der Waals surface area contributed by atoms with E-state index in [-0.39, 0.29) is 17.9 Å². The third-order valence-electron chi connectivity index (χ3n) is 7.59. The van der Waals surface area contributed by atoms with Crippen LogP contribution in [0.4, 0.5) is 23.7 Å². The van der Waals surface area contributed by atoms with E-state index >= 15 is 4.39 Å². The van der Waals surface area contributed by atoms with Gasteiger partial charge in [-0.05, 0) is 96.8 Å². The van der Waals surface area contributed by atoms with Crippen LogP contribution in [0.25, 0.3) is 33.3 Å². The maximum atomic E-state index is 15.2. The van der Waals surface area contributed by atoms with Crippen LogP contribution in [0.2, 0.25) is 0 Å². The number of esters is 1. The van der Waals surface area contributed by atoms with Crippen LogP contribution in [0.15, 0.2) is 54.9 Å². The molecule has 0 atom stereocenters. The Labute approximate surface area is 294 Å². The van der Waals surface area contributed by atoms with E-state index in [1.807, 2.05) is 0 Å². The second kappa shape index (κ2) is 13.9. The van der Waals surface area contributed by atoms with E-state index in [0.29, 0.717) is 48.9 Å². The fourth-order valence-corrected chi connectivity index (χ4v) is 6.21. The summed E-state index contributed by atoms with van der Waals surface area (Å²) in [5.74, 6) is -3.18. The normalized spacial score (nSPS) is 12.1. The zero-order valence-electron chi connectivity index (χ0n) is 29.4. The Morgan fingerprint density at radius 3 is 2.14 bits per heavy atom. The molecule has 0 aliphatic rings. The van der Waals surface area contributed by atoms with E-state index in [1.54, 1.807) is 72.3 Å². The number of anilines is 1. The van der Waals surface area contributed by atoms with Gasteiger partial charge >= 0.3 is 12.1 Å². The highest BCUT2D eigenvalue weighted by Crippen LogP contribution is 2.37. The summed E-state index contributed by atoms with van der Waals surface area (Å²) in [5.41, 5.74) is 1.64. The van der Waals surface area contributed by atoms with Crippen molar-refractivity contribution >= 4 is 39.7 Å². The zero-order chi connectivity index (χ0) is 37.6. The molecule has 5 aromatic rings. The number of carbonyl (C=O) groups excluding carboxylic acids is 2. The van der Waals surface area contributed by atoms with Crippen LogP contribution in [0, 0.1) is 31.3 Å². The standard InChI is InChI=1S/C36H38F3N5O6S/c1-20-32(21(2)43(41-20)17-22-11-25(37)15-26(38)12-22)28-18-42(34(46)50-36(6,7)8)33-27(28)13-24(16-40-33)23-9-10-29(39)30(14-23)44(51(47)48)19-31(45)49-35(3,4)5/h9-16,18,51H,17,19H2,1-8H3. The summed E-state index contributed by atoms with van der Waals surface area (Å²) in [6.07, 6.45) is 2.32. The summed E-state index contributed by atoms with van der Waals surface area (Å²) in [4.78, 5) is 30.5. The SMILES string of the molecule is Cc1nn(Cc2cc(F)cc(F)c2)c(C)c1-c1cn(C(=O)OC(C)(C)C)c2ncc(-c3ccc(F)c(N(CC(=O)OC(C)(C)C)[SH](=O)=O)c3)cc12. The average Bonchev–Trinajstić information content (AvgIpc) is 3.49. The van der Waals surface area contributed by atoms with Gasteiger partial charge in [0, 0.05) is 46.2 Å². The first kappa shape index (κ1) is 37.1. The summed E-state index contributed by atoms with van der Waals surface area (Å²) in [5, 5.41) is 5.11. The van der Waals surface area contributed by atoms with Crippen LogP contribution in [0.1, 0.15) is 58.5 Å². The maximum absolute atomic E-state index is 15.2. The van der Waals surface area contributed by atoms with Crippen molar-refractivity contribution in [3.63, 3.8) is 0 Å². The number of benzene rings is 2. The number of carbonyl (C=O) groups is 2. The predicted octanol–water partition coefficient (Wildman–Crippen LogP) is 7.11. The number of rotatable bonds is 8. The van der Waals surface area contributed by atoms with Crippen molar-refractivity contribution < 1.29 is 40.7 Å². The average molecular weight is 726 g/mol. The lowest BCUT2D eigenvalue weighted by Crippen LogP contribution is -2.34. The van der Waals surface area contributed by atoms with Crippen molar-refractivity contribution in [2.75, 3.05) is 10.8 Å². The van der Waals surface area contributed by atoms with Gasteiger partial charge in [-0.25, -0.2) is 35.9 Å². The van der Waals surface area contributed by atoms with Crippen LogP contribution < -0.4 is 4.31 Å². The molecule has 51 heavy (non-hydrogen) atoms. The molecule has 0 aliphatic heterocycles. The number of aromatic nitrogens is 4. The van der Waals surface area contributed by atoms with Crippen LogP contribution in [-0.4, -0.2) is 57.6 Å². The minimum atomic E-state index is -3.45. The lowest BCUT2D eigenvalue weighted by atomic mass is 10.0. The van der Waals surface area contributed by atoms with E-state index < -0.39 is 58.2 Å². The molecule has 270 valence electrons. The van der Waals surface area contributed by atoms with Gasteiger partial charge in [-0.15, -0.1) is 0 Å². The number of pyridine rings is 1. The molecule has 0 aliphatic carbocycles. The van der Waals surface area contributed by atoms with Crippen molar-refractivity contribution in [2.24, 2.45) is 0 Å². The summed E-state index contributed by atoms with van der Waals surface area (Å²) >= 11 is 0. The summed E-state index contributed by atoms with van der Waals surface area (Å²) in [7, 11) is -3.45. The predicted molar refractivity (Wildman–Crippen MR) is 186 cm³/mol. The Kier molecular flexibility index (Phi) is 10.1. The lowest BCUT2D eigenvalue weighted by molar-refractivity contribution is -0.152.